The third kappa shape index (κ3) is 4.31. The van der Waals surface area contributed by atoms with Gasteiger partial charge in [0.05, 0.1) is 22.1 Å². The molecule has 0 unspecified atom stereocenters. The Hall–Kier alpha value is -3.37. The molecule has 1 saturated heterocycles. The Morgan fingerprint density at radius 3 is 2.67 bits per heavy atom. The molecule has 0 bridgehead atoms. The Labute approximate surface area is 191 Å². The lowest BCUT2D eigenvalue weighted by molar-refractivity contribution is 0.277. The maximum absolute atomic E-state index is 14.7. The highest BCUT2D eigenvalue weighted by atomic mass is 32.2. The molecule has 0 amide bonds. The number of benzene rings is 1. The number of aromatic nitrogens is 4. The number of sulfone groups is 1. The SMILES string of the molecule is CN1CCC(S(=O)(=O)c2ccc3cnc(Nc4ccc(-n5cccn5)cc4F)cc3n2)CC1. The van der Waals surface area contributed by atoms with Crippen molar-refractivity contribution in [3.63, 3.8) is 0 Å². The fourth-order valence-corrected chi connectivity index (χ4v) is 5.65. The summed E-state index contributed by atoms with van der Waals surface area (Å²) in [6, 6.07) is 11.4. The van der Waals surface area contributed by atoms with Crippen LogP contribution in [0.25, 0.3) is 16.6 Å². The number of nitrogens with zero attached hydrogens (tertiary/aromatic N) is 5. The molecule has 0 spiro atoms. The molecular weight excluding hydrogens is 443 g/mol. The number of hydrogen-bond acceptors (Lipinski definition) is 7. The number of fused-ring (bicyclic) bond motifs is 1. The number of pyridine rings is 2. The van der Waals surface area contributed by atoms with Crippen LogP contribution in [-0.2, 0) is 9.84 Å². The van der Waals surface area contributed by atoms with Gasteiger partial charge in [0.1, 0.15) is 11.6 Å². The van der Waals surface area contributed by atoms with Gasteiger partial charge in [-0.1, -0.05) is 0 Å². The van der Waals surface area contributed by atoms with Gasteiger partial charge in [-0.05, 0) is 63.3 Å². The van der Waals surface area contributed by atoms with Gasteiger partial charge in [-0.25, -0.2) is 27.5 Å². The number of rotatable bonds is 5. The van der Waals surface area contributed by atoms with Gasteiger partial charge in [0, 0.05) is 36.1 Å². The minimum absolute atomic E-state index is 0.0662. The molecule has 170 valence electrons. The lowest BCUT2D eigenvalue weighted by Gasteiger charge is -2.28. The van der Waals surface area contributed by atoms with Crippen molar-refractivity contribution >= 4 is 32.2 Å². The third-order valence-electron chi connectivity index (χ3n) is 5.93. The Morgan fingerprint density at radius 1 is 1.12 bits per heavy atom. The molecule has 1 aliphatic heterocycles. The topological polar surface area (TPSA) is 93.0 Å². The van der Waals surface area contributed by atoms with Crippen LogP contribution in [-0.4, -0.2) is 58.5 Å². The van der Waals surface area contributed by atoms with Crippen molar-refractivity contribution < 1.29 is 12.8 Å². The van der Waals surface area contributed by atoms with E-state index in [0.29, 0.717) is 35.2 Å². The quantitative estimate of drug-likeness (QED) is 0.481. The number of piperidine rings is 1. The van der Waals surface area contributed by atoms with Gasteiger partial charge < -0.3 is 10.2 Å². The summed E-state index contributed by atoms with van der Waals surface area (Å²) in [4.78, 5) is 10.9. The Kier molecular flexibility index (Phi) is 5.55. The summed E-state index contributed by atoms with van der Waals surface area (Å²) in [5.41, 5.74) is 1.32. The first-order valence-electron chi connectivity index (χ1n) is 10.7. The molecule has 5 rings (SSSR count). The molecule has 3 aromatic heterocycles. The first kappa shape index (κ1) is 21.5. The lowest BCUT2D eigenvalue weighted by atomic mass is 10.1. The summed E-state index contributed by atoms with van der Waals surface area (Å²) in [6.07, 6.45) is 6.13. The molecule has 4 aromatic rings. The van der Waals surface area contributed by atoms with E-state index < -0.39 is 20.9 Å². The van der Waals surface area contributed by atoms with Crippen molar-refractivity contribution in [3.8, 4) is 5.69 Å². The van der Waals surface area contributed by atoms with Crippen LogP contribution in [0.4, 0.5) is 15.9 Å². The van der Waals surface area contributed by atoms with E-state index in [-0.39, 0.29) is 10.7 Å². The first-order valence-corrected chi connectivity index (χ1v) is 12.2. The number of nitrogens with one attached hydrogen (secondary N) is 1. The maximum atomic E-state index is 14.7. The molecule has 1 aromatic carbocycles. The highest BCUT2D eigenvalue weighted by Gasteiger charge is 2.31. The summed E-state index contributed by atoms with van der Waals surface area (Å²) < 4.78 is 42.5. The maximum Gasteiger partial charge on any atom is 0.198 e. The molecule has 4 heterocycles. The number of hydrogen-bond donors (Lipinski definition) is 1. The van der Waals surface area contributed by atoms with E-state index >= 15 is 0 Å². The molecule has 0 radical (unpaired) electrons. The molecule has 0 saturated carbocycles. The van der Waals surface area contributed by atoms with Gasteiger partial charge in [-0.2, -0.15) is 5.10 Å². The zero-order valence-electron chi connectivity index (χ0n) is 18.0. The molecule has 10 heteroatoms. The summed E-state index contributed by atoms with van der Waals surface area (Å²) in [5.74, 6) is -0.0916. The van der Waals surface area contributed by atoms with Gasteiger partial charge in [0.25, 0.3) is 0 Å². The minimum Gasteiger partial charge on any atom is -0.338 e. The zero-order valence-corrected chi connectivity index (χ0v) is 18.8. The second kappa shape index (κ2) is 8.53. The number of anilines is 2. The van der Waals surface area contributed by atoms with Crippen LogP contribution in [0.5, 0.6) is 0 Å². The van der Waals surface area contributed by atoms with Gasteiger partial charge in [0.2, 0.25) is 0 Å². The second-order valence-corrected chi connectivity index (χ2v) is 10.4. The van der Waals surface area contributed by atoms with Crippen LogP contribution in [0.15, 0.2) is 66.1 Å². The number of likely N-dealkylation sites (tertiary alicyclic amines) is 1. The van der Waals surface area contributed by atoms with Crippen molar-refractivity contribution in [1.82, 2.24) is 24.6 Å². The van der Waals surface area contributed by atoms with E-state index in [1.54, 1.807) is 59.7 Å². The van der Waals surface area contributed by atoms with Crippen molar-refractivity contribution in [2.45, 2.75) is 23.1 Å². The fraction of sp³-hybridized carbons (Fsp3) is 0.261. The standard InChI is InChI=1S/C23H23FN6O2S/c1-29-11-7-18(8-12-29)33(31,32)23-6-3-16-15-25-22(14-21(16)28-23)27-20-5-4-17(13-19(20)24)30-10-2-9-26-30/h2-6,9-10,13-15,18H,7-8,11-12H2,1H3,(H,25,27). The molecule has 0 atom stereocenters. The zero-order chi connectivity index (χ0) is 23.0. The highest BCUT2D eigenvalue weighted by molar-refractivity contribution is 7.92. The molecule has 8 nitrogen and oxygen atoms in total. The molecule has 1 aliphatic rings. The first-order chi connectivity index (χ1) is 15.9. The van der Waals surface area contributed by atoms with Gasteiger partial charge >= 0.3 is 0 Å². The van der Waals surface area contributed by atoms with Crippen LogP contribution in [0.3, 0.4) is 0 Å². The largest absolute Gasteiger partial charge is 0.338 e. The van der Waals surface area contributed by atoms with Crippen molar-refractivity contribution in [2.24, 2.45) is 0 Å². The lowest BCUT2D eigenvalue weighted by Crippen LogP contribution is -2.37. The van der Waals surface area contributed by atoms with Gasteiger partial charge in [0.15, 0.2) is 14.9 Å². The molecule has 1 fully saturated rings. The van der Waals surface area contributed by atoms with Crippen molar-refractivity contribution in [2.75, 3.05) is 25.5 Å². The molecule has 1 N–H and O–H groups in total. The van der Waals surface area contributed by atoms with Crippen molar-refractivity contribution in [1.29, 1.82) is 0 Å². The Balaban J connectivity index is 1.41. The predicted octanol–water partition coefficient (Wildman–Crippen LogP) is 3.57. The minimum atomic E-state index is -3.53. The normalized spacial score (nSPS) is 15.7. The fourth-order valence-electron chi connectivity index (χ4n) is 4.00. The Bertz CT molecular complexity index is 1400. The Morgan fingerprint density at radius 2 is 1.94 bits per heavy atom. The van der Waals surface area contributed by atoms with Gasteiger partial charge in [-0.15, -0.1) is 0 Å². The van der Waals surface area contributed by atoms with Crippen LogP contribution < -0.4 is 5.32 Å². The van der Waals surface area contributed by atoms with Gasteiger partial charge in [-0.3, -0.25) is 0 Å². The summed E-state index contributed by atoms with van der Waals surface area (Å²) >= 11 is 0. The molecular formula is C23H23FN6O2S. The van der Waals surface area contributed by atoms with E-state index in [2.05, 4.69) is 25.3 Å². The highest BCUT2D eigenvalue weighted by Crippen LogP contribution is 2.27. The van der Waals surface area contributed by atoms with Crippen LogP contribution >= 0.6 is 0 Å². The predicted molar refractivity (Wildman–Crippen MR) is 124 cm³/mol. The second-order valence-electron chi connectivity index (χ2n) is 8.20. The van der Waals surface area contributed by atoms with Crippen LogP contribution in [0.1, 0.15) is 12.8 Å². The van der Waals surface area contributed by atoms with Crippen LogP contribution in [0, 0.1) is 5.82 Å². The van der Waals surface area contributed by atoms with Crippen LogP contribution in [0.2, 0.25) is 0 Å². The third-order valence-corrected chi connectivity index (χ3v) is 8.09. The van der Waals surface area contributed by atoms with E-state index in [1.165, 1.54) is 6.07 Å². The summed E-state index contributed by atoms with van der Waals surface area (Å²) in [5, 5.41) is 7.39. The average molecular weight is 467 g/mol. The molecule has 33 heavy (non-hydrogen) atoms. The average Bonchev–Trinajstić information content (AvgIpc) is 3.35. The molecule has 0 aliphatic carbocycles. The number of halogens is 1. The smallest absolute Gasteiger partial charge is 0.198 e. The van der Waals surface area contributed by atoms with E-state index in [1.807, 2.05) is 7.05 Å². The van der Waals surface area contributed by atoms with E-state index in [9.17, 15) is 12.8 Å². The van der Waals surface area contributed by atoms with E-state index in [4.69, 9.17) is 0 Å². The van der Waals surface area contributed by atoms with E-state index in [0.717, 1.165) is 13.1 Å². The van der Waals surface area contributed by atoms with Crippen molar-refractivity contribution in [3.05, 3.63) is 66.9 Å². The summed E-state index contributed by atoms with van der Waals surface area (Å²) in [6.45, 7) is 1.50. The monoisotopic (exact) mass is 466 g/mol. The summed E-state index contributed by atoms with van der Waals surface area (Å²) in [7, 11) is -1.54.